The van der Waals surface area contributed by atoms with Gasteiger partial charge in [0.05, 0.1) is 13.2 Å². The summed E-state index contributed by atoms with van der Waals surface area (Å²) in [7, 11) is 0. The lowest BCUT2D eigenvalue weighted by molar-refractivity contribution is 0.0256. The van der Waals surface area contributed by atoms with Crippen LogP contribution in [0, 0.1) is 0 Å². The molecule has 0 aromatic heterocycles. The van der Waals surface area contributed by atoms with Crippen molar-refractivity contribution in [3.63, 3.8) is 0 Å². The van der Waals surface area contributed by atoms with E-state index in [1.807, 2.05) is 0 Å². The van der Waals surface area contributed by atoms with Gasteiger partial charge in [0.2, 0.25) is 0 Å². The average Bonchev–Trinajstić information content (AvgIpc) is 2.19. The summed E-state index contributed by atoms with van der Waals surface area (Å²) < 4.78 is 5.35. The fraction of sp³-hybridized carbons (Fsp3) is 1.00. The summed E-state index contributed by atoms with van der Waals surface area (Å²) >= 11 is 0. The van der Waals surface area contributed by atoms with Crippen molar-refractivity contribution in [2.45, 2.75) is 45.1 Å². The zero-order chi connectivity index (χ0) is 11.1. The van der Waals surface area contributed by atoms with Crippen LogP contribution in [0.15, 0.2) is 0 Å². The van der Waals surface area contributed by atoms with Crippen molar-refractivity contribution in [1.82, 2.24) is 4.90 Å². The third-order valence-corrected chi connectivity index (χ3v) is 3.14. The van der Waals surface area contributed by atoms with Crippen molar-refractivity contribution in [2.24, 2.45) is 5.73 Å². The molecule has 1 rings (SSSR count). The molecule has 1 fully saturated rings. The van der Waals surface area contributed by atoms with E-state index < -0.39 is 0 Å². The zero-order valence-corrected chi connectivity index (χ0v) is 10.3. The maximum atomic E-state index is 6.47. The van der Waals surface area contributed by atoms with Gasteiger partial charge in [-0.25, -0.2) is 0 Å². The minimum absolute atomic E-state index is 0.0286. The molecule has 0 atom stereocenters. The van der Waals surface area contributed by atoms with E-state index in [2.05, 4.69) is 18.7 Å². The molecule has 15 heavy (non-hydrogen) atoms. The number of hydrogen-bond acceptors (Lipinski definition) is 3. The molecule has 90 valence electrons. The quantitative estimate of drug-likeness (QED) is 0.730. The van der Waals surface area contributed by atoms with E-state index in [9.17, 15) is 0 Å². The predicted octanol–water partition coefficient (Wildman–Crippen LogP) is 1.62. The second kappa shape index (κ2) is 6.46. The molecular weight excluding hydrogens is 188 g/mol. The summed E-state index contributed by atoms with van der Waals surface area (Å²) in [5.74, 6) is 0. The number of nitrogens with zero attached hydrogens (tertiary/aromatic N) is 1. The van der Waals surface area contributed by atoms with Crippen LogP contribution < -0.4 is 5.73 Å². The summed E-state index contributed by atoms with van der Waals surface area (Å²) in [5, 5.41) is 0. The molecule has 0 aromatic rings. The molecule has 3 heteroatoms. The Morgan fingerprint density at radius 1 is 1.13 bits per heavy atom. The molecule has 2 N–H and O–H groups in total. The predicted molar refractivity (Wildman–Crippen MR) is 64.0 cm³/mol. The van der Waals surface area contributed by atoms with Crippen LogP contribution in [-0.2, 0) is 4.74 Å². The molecule has 0 amide bonds. The molecule has 0 bridgehead atoms. The Kier molecular flexibility index (Phi) is 5.58. The second-order valence-corrected chi connectivity index (χ2v) is 4.75. The van der Waals surface area contributed by atoms with Crippen LogP contribution in [0.5, 0.6) is 0 Å². The molecule has 0 aromatic carbocycles. The van der Waals surface area contributed by atoms with E-state index in [1.54, 1.807) is 0 Å². The van der Waals surface area contributed by atoms with Gasteiger partial charge in [-0.05, 0) is 12.8 Å². The highest BCUT2D eigenvalue weighted by Crippen LogP contribution is 2.18. The van der Waals surface area contributed by atoms with Crippen molar-refractivity contribution in [3.8, 4) is 0 Å². The first-order valence-corrected chi connectivity index (χ1v) is 6.29. The van der Waals surface area contributed by atoms with E-state index in [0.717, 1.165) is 45.7 Å². The number of nitrogens with two attached hydrogens (primary N) is 1. The zero-order valence-electron chi connectivity index (χ0n) is 10.3. The van der Waals surface area contributed by atoms with Gasteiger partial charge in [0.15, 0.2) is 0 Å². The molecule has 3 nitrogen and oxygen atoms in total. The van der Waals surface area contributed by atoms with E-state index in [-0.39, 0.29) is 5.54 Å². The summed E-state index contributed by atoms with van der Waals surface area (Å²) in [5.41, 5.74) is 6.50. The van der Waals surface area contributed by atoms with Gasteiger partial charge < -0.3 is 10.5 Å². The van der Waals surface area contributed by atoms with Crippen LogP contribution in [0.3, 0.4) is 0 Å². The third-order valence-electron chi connectivity index (χ3n) is 3.14. The monoisotopic (exact) mass is 214 g/mol. The van der Waals surface area contributed by atoms with E-state index in [4.69, 9.17) is 10.5 Å². The number of hydrogen-bond donors (Lipinski definition) is 1. The largest absolute Gasteiger partial charge is 0.379 e. The third kappa shape index (κ3) is 4.49. The molecule has 0 radical (unpaired) electrons. The van der Waals surface area contributed by atoms with Crippen LogP contribution in [0.1, 0.15) is 39.5 Å². The van der Waals surface area contributed by atoms with E-state index in [1.165, 1.54) is 12.8 Å². The Labute approximate surface area is 94.0 Å². The second-order valence-electron chi connectivity index (χ2n) is 4.75. The van der Waals surface area contributed by atoms with Gasteiger partial charge in [-0.1, -0.05) is 26.7 Å². The molecule has 1 heterocycles. The van der Waals surface area contributed by atoms with Crippen LogP contribution in [0.2, 0.25) is 0 Å². The van der Waals surface area contributed by atoms with Gasteiger partial charge in [-0.2, -0.15) is 0 Å². The number of ether oxygens (including phenoxy) is 1. The van der Waals surface area contributed by atoms with Gasteiger partial charge >= 0.3 is 0 Å². The SMILES string of the molecule is CCCC(N)(CCC)CN1CCOCC1. The smallest absolute Gasteiger partial charge is 0.0594 e. The normalized spacial score (nSPS) is 19.4. The molecule has 0 saturated carbocycles. The van der Waals surface area contributed by atoms with E-state index >= 15 is 0 Å². The van der Waals surface area contributed by atoms with Crippen LogP contribution in [0.25, 0.3) is 0 Å². The minimum Gasteiger partial charge on any atom is -0.379 e. The highest BCUT2D eigenvalue weighted by molar-refractivity contribution is 4.87. The van der Waals surface area contributed by atoms with Crippen molar-refractivity contribution in [2.75, 3.05) is 32.8 Å². The first kappa shape index (κ1) is 12.9. The Balaban J connectivity index is 2.40. The van der Waals surface area contributed by atoms with Crippen LogP contribution in [0.4, 0.5) is 0 Å². The molecule has 0 spiro atoms. The first-order valence-electron chi connectivity index (χ1n) is 6.29. The summed E-state index contributed by atoms with van der Waals surface area (Å²) in [6.45, 7) is 9.31. The van der Waals surface area contributed by atoms with Crippen LogP contribution in [-0.4, -0.2) is 43.3 Å². The molecule has 1 aliphatic rings. The van der Waals surface area contributed by atoms with Crippen molar-refractivity contribution in [1.29, 1.82) is 0 Å². The van der Waals surface area contributed by atoms with Gasteiger partial charge in [-0.15, -0.1) is 0 Å². The lowest BCUT2D eigenvalue weighted by Gasteiger charge is -2.37. The Hall–Kier alpha value is -0.120. The maximum absolute atomic E-state index is 6.47. The number of morpholine rings is 1. The summed E-state index contributed by atoms with van der Waals surface area (Å²) in [6, 6.07) is 0. The first-order chi connectivity index (χ1) is 7.20. The lowest BCUT2D eigenvalue weighted by atomic mass is 9.89. The molecule has 1 saturated heterocycles. The van der Waals surface area contributed by atoms with Gasteiger partial charge in [0.1, 0.15) is 0 Å². The van der Waals surface area contributed by atoms with Gasteiger partial charge in [0.25, 0.3) is 0 Å². The van der Waals surface area contributed by atoms with Crippen molar-refractivity contribution >= 4 is 0 Å². The van der Waals surface area contributed by atoms with Crippen LogP contribution >= 0.6 is 0 Å². The topological polar surface area (TPSA) is 38.5 Å². The Morgan fingerprint density at radius 3 is 2.13 bits per heavy atom. The lowest BCUT2D eigenvalue weighted by Crippen LogP contribution is -2.52. The summed E-state index contributed by atoms with van der Waals surface area (Å²) in [4.78, 5) is 2.45. The minimum atomic E-state index is 0.0286. The van der Waals surface area contributed by atoms with Crippen molar-refractivity contribution in [3.05, 3.63) is 0 Å². The molecule has 0 aliphatic carbocycles. The molecular formula is C12H26N2O. The fourth-order valence-electron chi connectivity index (χ4n) is 2.48. The highest BCUT2D eigenvalue weighted by Gasteiger charge is 2.26. The Morgan fingerprint density at radius 2 is 1.67 bits per heavy atom. The van der Waals surface area contributed by atoms with Gasteiger partial charge in [0, 0.05) is 25.2 Å². The fourth-order valence-corrected chi connectivity index (χ4v) is 2.48. The molecule has 0 unspecified atom stereocenters. The number of rotatable bonds is 6. The average molecular weight is 214 g/mol. The maximum Gasteiger partial charge on any atom is 0.0594 e. The van der Waals surface area contributed by atoms with Gasteiger partial charge in [-0.3, -0.25) is 4.90 Å². The summed E-state index contributed by atoms with van der Waals surface area (Å²) in [6.07, 6.45) is 4.64. The van der Waals surface area contributed by atoms with Crippen molar-refractivity contribution < 1.29 is 4.74 Å². The Bertz CT molecular complexity index is 161. The standard InChI is InChI=1S/C12H26N2O/c1-3-5-12(13,6-4-2)11-14-7-9-15-10-8-14/h3-11,13H2,1-2H3. The van der Waals surface area contributed by atoms with E-state index in [0.29, 0.717) is 0 Å². The highest BCUT2D eigenvalue weighted by atomic mass is 16.5. The molecule has 1 aliphatic heterocycles.